The average molecular weight is 91.0 g/mol. The Morgan fingerprint density at radius 2 is 2.50 bits per heavy atom. The van der Waals surface area contributed by atoms with Gasteiger partial charge in [0.2, 0.25) is 0 Å². The van der Waals surface area contributed by atoms with Crippen molar-refractivity contribution < 1.29 is 15.2 Å². The van der Waals surface area contributed by atoms with E-state index in [0.717, 1.165) is 0 Å². The van der Waals surface area contributed by atoms with Crippen molar-refractivity contribution in [2.75, 3.05) is 6.73 Å². The van der Waals surface area contributed by atoms with E-state index in [1.54, 1.807) is 0 Å². The van der Waals surface area contributed by atoms with Crippen LogP contribution in [0, 0.1) is 5.21 Å². The Morgan fingerprint density at radius 1 is 2.00 bits per heavy atom. The van der Waals surface area contributed by atoms with Crippen molar-refractivity contribution >= 4 is 0 Å². The number of nitrogens with zero attached hydrogens (tertiary/aromatic N) is 2. The number of hydrogen-bond donors (Lipinski definition) is 1. The van der Waals surface area contributed by atoms with Crippen LogP contribution in [0.2, 0.25) is 0 Å². The molecule has 0 bridgehead atoms. The van der Waals surface area contributed by atoms with Gasteiger partial charge in [0.25, 0.3) is 0 Å². The zero-order chi connectivity index (χ0) is 4.99. The lowest BCUT2D eigenvalue weighted by atomic mass is 11.3. The summed E-state index contributed by atoms with van der Waals surface area (Å²) in [5.41, 5.74) is 0. The van der Waals surface area contributed by atoms with Crippen LogP contribution in [0.1, 0.15) is 0 Å². The van der Waals surface area contributed by atoms with E-state index in [9.17, 15) is 10.3 Å². The Labute approximate surface area is 33.7 Å². The molecule has 0 aliphatic heterocycles. The van der Waals surface area contributed by atoms with Gasteiger partial charge >= 0.3 is 6.73 Å². The molecule has 0 aliphatic carbocycles. The Balaban J connectivity index is 3.22. The van der Waals surface area contributed by atoms with E-state index in [1.165, 1.54) is 0 Å². The lowest BCUT2D eigenvalue weighted by Crippen LogP contribution is -1.97. The first kappa shape index (κ1) is 5.16. The van der Waals surface area contributed by atoms with Crippen LogP contribution in [0.3, 0.4) is 0 Å². The minimum atomic E-state index is -1.06. The summed E-state index contributed by atoms with van der Waals surface area (Å²) in [6.07, 6.45) is 0. The third-order valence-electron chi connectivity index (χ3n) is 0.210. The molecule has 5 heteroatoms. The Bertz CT molecular complexity index is 59.8. The molecule has 0 saturated heterocycles. The molecular weight excluding hydrogens is 88.0 g/mol. The van der Waals surface area contributed by atoms with Gasteiger partial charge in [-0.25, -0.2) is 0 Å². The van der Waals surface area contributed by atoms with Crippen molar-refractivity contribution in [3.8, 4) is 0 Å². The van der Waals surface area contributed by atoms with Crippen LogP contribution in [-0.4, -0.2) is 16.8 Å². The summed E-state index contributed by atoms with van der Waals surface area (Å²) in [6, 6.07) is 0. The van der Waals surface area contributed by atoms with E-state index in [2.05, 4.69) is 0 Å². The van der Waals surface area contributed by atoms with E-state index < -0.39 is 6.73 Å². The predicted molar refractivity (Wildman–Crippen MR) is 13.4 cm³/mol. The Morgan fingerprint density at radius 3 is 2.50 bits per heavy atom. The second-order valence-electron chi connectivity index (χ2n) is 0.571. The van der Waals surface area contributed by atoms with E-state index in [1.807, 2.05) is 5.28 Å². The van der Waals surface area contributed by atoms with Gasteiger partial charge < -0.3 is 10.4 Å². The van der Waals surface area contributed by atoms with Gasteiger partial charge in [0.1, 0.15) is 0 Å². The lowest BCUT2D eigenvalue weighted by molar-refractivity contribution is -0.596. The second-order valence-corrected chi connectivity index (χ2v) is 0.571. The monoisotopic (exact) mass is 91.0 g/mol. The molecule has 0 aromatic rings. The first-order valence-corrected chi connectivity index (χ1v) is 1.19. The smallest absolute Gasteiger partial charge is 0.315 e. The standard InChI is InChI=1S/CH3N2O3/c4-1-3(6)2-5/h5H,1H2. The van der Waals surface area contributed by atoms with Gasteiger partial charge in [-0.1, -0.05) is 0 Å². The fourth-order valence-corrected chi connectivity index (χ4v) is 0.0258. The van der Waals surface area contributed by atoms with Gasteiger partial charge in [-0.3, -0.25) is 0 Å². The molecular formula is CH3N2O3. The van der Waals surface area contributed by atoms with Gasteiger partial charge in [0.05, 0.1) is 0 Å². The molecule has 0 spiro atoms. The summed E-state index contributed by atoms with van der Waals surface area (Å²) in [5, 5.41) is 27.9. The van der Waals surface area contributed by atoms with Crippen LogP contribution >= 0.6 is 0 Å². The summed E-state index contributed by atoms with van der Waals surface area (Å²) in [7, 11) is 0. The maximum Gasteiger partial charge on any atom is 0.315 e. The summed E-state index contributed by atoms with van der Waals surface area (Å²) in [6.45, 7) is -1.06. The molecule has 35 valence electrons. The third kappa shape index (κ3) is 1.48. The maximum absolute atomic E-state index is 9.37. The van der Waals surface area contributed by atoms with Crippen LogP contribution in [0.4, 0.5) is 0 Å². The van der Waals surface area contributed by atoms with Gasteiger partial charge in [-0.2, -0.15) is 5.11 Å². The molecule has 0 amide bonds. The highest BCUT2D eigenvalue weighted by atomic mass is 16.6. The van der Waals surface area contributed by atoms with Crippen molar-refractivity contribution in [3.05, 3.63) is 5.21 Å². The van der Waals surface area contributed by atoms with Crippen molar-refractivity contribution in [2.45, 2.75) is 0 Å². The maximum atomic E-state index is 9.37. The van der Waals surface area contributed by atoms with E-state index in [0.29, 0.717) is 0 Å². The molecule has 1 radical (unpaired) electrons. The van der Waals surface area contributed by atoms with Crippen LogP contribution in [0.15, 0.2) is 5.28 Å². The van der Waals surface area contributed by atoms with Gasteiger partial charge in [-0.15, -0.1) is 0 Å². The number of hydrogen-bond acceptors (Lipinski definition) is 2. The molecule has 0 unspecified atom stereocenters. The lowest BCUT2D eigenvalue weighted by Gasteiger charge is -1.84. The summed E-state index contributed by atoms with van der Waals surface area (Å²) in [5.74, 6) is 0. The Hall–Kier alpha value is -0.840. The Kier molecular flexibility index (Phi) is 2.06. The van der Waals surface area contributed by atoms with Crippen molar-refractivity contribution in [1.82, 2.24) is 0 Å². The highest BCUT2D eigenvalue weighted by molar-refractivity contribution is 3.88. The first-order chi connectivity index (χ1) is 2.81. The highest BCUT2D eigenvalue weighted by Gasteiger charge is 1.82. The molecule has 0 aromatic carbocycles. The topological polar surface area (TPSA) is 78.6 Å². The van der Waals surface area contributed by atoms with E-state index in [-0.39, 0.29) is 4.86 Å². The zero-order valence-electron chi connectivity index (χ0n) is 2.87. The quantitative estimate of drug-likeness (QED) is 0.208. The van der Waals surface area contributed by atoms with Crippen LogP contribution in [0.25, 0.3) is 0 Å². The molecule has 0 aliphatic rings. The SMILES string of the molecule is [O]C[N+]([O-])=NO. The van der Waals surface area contributed by atoms with E-state index >= 15 is 0 Å². The molecule has 6 heavy (non-hydrogen) atoms. The number of hydroxylamine groups is 1. The normalized spacial score (nSPS) is 11.8. The van der Waals surface area contributed by atoms with Crippen LogP contribution in [-0.2, 0) is 5.11 Å². The number of rotatable bonds is 1. The van der Waals surface area contributed by atoms with Crippen molar-refractivity contribution in [3.63, 3.8) is 0 Å². The third-order valence-corrected chi connectivity index (χ3v) is 0.210. The highest BCUT2D eigenvalue weighted by Crippen LogP contribution is 1.63. The minimum Gasteiger partial charge on any atom is -0.595 e. The van der Waals surface area contributed by atoms with Gasteiger partial charge in [0, 0.05) is 0 Å². The molecule has 0 rings (SSSR count). The summed E-state index contributed by atoms with van der Waals surface area (Å²) in [4.78, 5) is -0.375. The molecule has 0 saturated carbocycles. The zero-order valence-corrected chi connectivity index (χ0v) is 2.87. The molecule has 0 heterocycles. The molecule has 0 fully saturated rings. The largest absolute Gasteiger partial charge is 0.595 e. The van der Waals surface area contributed by atoms with Crippen LogP contribution in [0.5, 0.6) is 0 Å². The molecule has 0 atom stereocenters. The molecule has 1 N–H and O–H groups in total. The predicted octanol–water partition coefficient (Wildman–Crippen LogP) is -0.274. The van der Waals surface area contributed by atoms with Gasteiger partial charge in [-0.05, 0) is 4.86 Å². The average Bonchev–Trinajstić information content (AvgIpc) is 1.65. The van der Waals surface area contributed by atoms with Crippen molar-refractivity contribution in [1.29, 1.82) is 0 Å². The fourth-order valence-electron chi connectivity index (χ4n) is 0.0258. The second kappa shape index (κ2) is 2.40. The first-order valence-electron chi connectivity index (χ1n) is 1.19. The fraction of sp³-hybridized carbons (Fsp3) is 1.00. The van der Waals surface area contributed by atoms with Crippen LogP contribution < -0.4 is 0 Å². The minimum absolute atomic E-state index is 0.375. The molecule has 5 nitrogen and oxygen atoms in total. The molecule has 0 aromatic heterocycles. The van der Waals surface area contributed by atoms with E-state index in [4.69, 9.17) is 5.21 Å². The van der Waals surface area contributed by atoms with Crippen molar-refractivity contribution in [2.24, 2.45) is 5.28 Å². The summed E-state index contributed by atoms with van der Waals surface area (Å²) < 4.78 is 0. The summed E-state index contributed by atoms with van der Waals surface area (Å²) >= 11 is 0. The van der Waals surface area contributed by atoms with Gasteiger partial charge in [0.15, 0.2) is 5.28 Å².